The molecule has 0 saturated carbocycles. The van der Waals surface area contributed by atoms with E-state index in [0.29, 0.717) is 40.0 Å². The van der Waals surface area contributed by atoms with E-state index in [-0.39, 0.29) is 11.7 Å². The Labute approximate surface area is 200 Å². The fourth-order valence-electron chi connectivity index (χ4n) is 2.94. The van der Waals surface area contributed by atoms with Gasteiger partial charge in [-0.15, -0.1) is 0 Å². The number of esters is 1. The van der Waals surface area contributed by atoms with Crippen LogP contribution in [0.5, 0.6) is 11.5 Å². The number of thioether (sulfide) groups is 1. The first-order valence-electron chi connectivity index (χ1n) is 10.5. The monoisotopic (exact) mass is 475 g/mol. The predicted molar refractivity (Wildman–Crippen MR) is 129 cm³/mol. The van der Waals surface area contributed by atoms with Gasteiger partial charge in [-0.2, -0.15) is 5.10 Å². The number of nitrogens with zero attached hydrogens (tertiary/aromatic N) is 2. The highest BCUT2D eigenvalue weighted by molar-refractivity contribution is 7.99. The third kappa shape index (κ3) is 6.02. The Morgan fingerprint density at radius 3 is 2.65 bits per heavy atom. The molecule has 0 unspecified atom stereocenters. The van der Waals surface area contributed by atoms with Crippen molar-refractivity contribution in [2.75, 3.05) is 12.4 Å². The van der Waals surface area contributed by atoms with E-state index in [0.717, 1.165) is 5.52 Å². The van der Waals surface area contributed by atoms with Crippen LogP contribution in [0.4, 0.5) is 0 Å². The average molecular weight is 476 g/mol. The number of aromatic nitrogens is 1. The van der Waals surface area contributed by atoms with Gasteiger partial charge in [-0.05, 0) is 55.0 Å². The lowest BCUT2D eigenvalue weighted by molar-refractivity contribution is -0.118. The molecule has 0 saturated heterocycles. The molecule has 1 amide bonds. The minimum absolute atomic E-state index is 0.0999. The van der Waals surface area contributed by atoms with Crippen LogP contribution in [-0.2, 0) is 4.79 Å². The molecule has 34 heavy (non-hydrogen) atoms. The Morgan fingerprint density at radius 1 is 1.06 bits per heavy atom. The topological polar surface area (TPSA) is 103 Å². The zero-order valence-electron chi connectivity index (χ0n) is 18.3. The van der Waals surface area contributed by atoms with Crippen LogP contribution in [0.25, 0.3) is 11.1 Å². The molecule has 0 radical (unpaired) electrons. The molecule has 1 heterocycles. The van der Waals surface area contributed by atoms with Crippen LogP contribution in [0.1, 0.15) is 22.8 Å². The second-order valence-electron chi connectivity index (χ2n) is 6.92. The van der Waals surface area contributed by atoms with E-state index in [2.05, 4.69) is 15.5 Å². The molecule has 8 nitrogen and oxygen atoms in total. The molecule has 0 bridgehead atoms. The summed E-state index contributed by atoms with van der Waals surface area (Å²) >= 11 is 1.18. The summed E-state index contributed by atoms with van der Waals surface area (Å²) in [6.07, 6.45) is 1.48. The summed E-state index contributed by atoms with van der Waals surface area (Å²) in [7, 11) is 0. The third-order valence-corrected chi connectivity index (χ3v) is 5.31. The molecule has 0 aliphatic carbocycles. The van der Waals surface area contributed by atoms with E-state index in [1.807, 2.05) is 37.3 Å². The van der Waals surface area contributed by atoms with Gasteiger partial charge in [0.05, 0.1) is 24.1 Å². The van der Waals surface area contributed by atoms with Crippen molar-refractivity contribution >= 4 is 41.0 Å². The summed E-state index contributed by atoms with van der Waals surface area (Å²) in [5.74, 6) is 0.0109. The Morgan fingerprint density at radius 2 is 1.85 bits per heavy atom. The van der Waals surface area contributed by atoms with Crippen molar-refractivity contribution in [3.05, 3.63) is 83.9 Å². The van der Waals surface area contributed by atoms with Crippen molar-refractivity contribution in [3.8, 4) is 11.5 Å². The van der Waals surface area contributed by atoms with Crippen molar-refractivity contribution in [1.29, 1.82) is 0 Å². The van der Waals surface area contributed by atoms with Gasteiger partial charge in [0.25, 0.3) is 11.1 Å². The highest BCUT2D eigenvalue weighted by Crippen LogP contribution is 2.29. The minimum atomic E-state index is -0.480. The van der Waals surface area contributed by atoms with E-state index in [1.165, 1.54) is 18.0 Å². The third-order valence-electron chi connectivity index (χ3n) is 4.48. The Bertz CT molecular complexity index is 1290. The number of amides is 1. The molecule has 0 aliphatic rings. The van der Waals surface area contributed by atoms with E-state index in [9.17, 15) is 9.59 Å². The number of para-hydroxylation sites is 2. The van der Waals surface area contributed by atoms with E-state index in [4.69, 9.17) is 13.9 Å². The number of nitrogens with one attached hydrogen (secondary N) is 1. The summed E-state index contributed by atoms with van der Waals surface area (Å²) < 4.78 is 16.7. The number of fused-ring (bicyclic) bond motifs is 1. The fourth-order valence-corrected chi connectivity index (χ4v) is 3.57. The first kappa shape index (κ1) is 23.1. The average Bonchev–Trinajstić information content (AvgIpc) is 3.28. The van der Waals surface area contributed by atoms with Crippen molar-refractivity contribution in [3.63, 3.8) is 0 Å². The molecule has 1 aromatic heterocycles. The molecule has 9 heteroatoms. The fraction of sp³-hybridized carbons (Fsp3) is 0.120. The second-order valence-corrected chi connectivity index (χ2v) is 7.85. The van der Waals surface area contributed by atoms with Gasteiger partial charge in [0.2, 0.25) is 0 Å². The molecule has 0 fully saturated rings. The van der Waals surface area contributed by atoms with Gasteiger partial charge in [-0.25, -0.2) is 15.2 Å². The van der Waals surface area contributed by atoms with Crippen molar-refractivity contribution in [2.45, 2.75) is 12.1 Å². The largest absolute Gasteiger partial charge is 0.490 e. The lowest BCUT2D eigenvalue weighted by Crippen LogP contribution is -2.19. The molecule has 172 valence electrons. The van der Waals surface area contributed by atoms with E-state index >= 15 is 0 Å². The number of oxazole rings is 1. The molecule has 0 aliphatic heterocycles. The SMILES string of the molecule is CCOc1cc(/C=N\NC(=O)CSc2nc3ccccc3o2)ccc1OC(=O)c1ccccc1. The summed E-state index contributed by atoms with van der Waals surface area (Å²) in [5.41, 5.74) is 4.98. The number of hydrogen-bond acceptors (Lipinski definition) is 8. The summed E-state index contributed by atoms with van der Waals surface area (Å²) in [6, 6.07) is 21.1. The first-order valence-corrected chi connectivity index (χ1v) is 11.5. The molecule has 4 aromatic rings. The van der Waals surface area contributed by atoms with Gasteiger partial charge in [-0.3, -0.25) is 4.79 Å². The molecular formula is C25H21N3O5S. The van der Waals surface area contributed by atoms with E-state index in [1.54, 1.807) is 42.5 Å². The Kier molecular flexibility index (Phi) is 7.56. The van der Waals surface area contributed by atoms with Gasteiger partial charge < -0.3 is 13.9 Å². The smallest absolute Gasteiger partial charge is 0.343 e. The van der Waals surface area contributed by atoms with Crippen molar-refractivity contribution in [2.24, 2.45) is 5.10 Å². The second kappa shape index (κ2) is 11.2. The predicted octanol–water partition coefficient (Wildman–Crippen LogP) is 4.69. The van der Waals surface area contributed by atoms with Crippen LogP contribution in [0, 0.1) is 0 Å². The maximum Gasteiger partial charge on any atom is 0.343 e. The van der Waals surface area contributed by atoms with Gasteiger partial charge in [0.1, 0.15) is 5.52 Å². The molecule has 0 atom stereocenters. The minimum Gasteiger partial charge on any atom is -0.490 e. The van der Waals surface area contributed by atoms with Crippen LogP contribution in [0.2, 0.25) is 0 Å². The standard InChI is InChI=1S/C25H21N3O5S/c1-2-31-22-14-17(12-13-21(22)32-24(30)18-8-4-3-5-9-18)15-26-28-23(29)16-34-25-27-19-10-6-7-11-20(19)33-25/h3-15H,2,16H2,1H3,(H,28,29)/b26-15-. The molecule has 4 rings (SSSR count). The van der Waals surface area contributed by atoms with Crippen LogP contribution in [0.3, 0.4) is 0 Å². The number of carbonyl (C=O) groups is 2. The van der Waals surface area contributed by atoms with Crippen molar-refractivity contribution < 1.29 is 23.5 Å². The number of ether oxygens (including phenoxy) is 2. The molecule has 1 N–H and O–H groups in total. The highest BCUT2D eigenvalue weighted by Gasteiger charge is 2.13. The maximum atomic E-state index is 12.4. The van der Waals surface area contributed by atoms with Crippen molar-refractivity contribution in [1.82, 2.24) is 10.4 Å². The first-order chi connectivity index (χ1) is 16.6. The quantitative estimate of drug-likeness (QED) is 0.123. The number of rotatable bonds is 9. The normalized spacial score (nSPS) is 11.0. The lowest BCUT2D eigenvalue weighted by Gasteiger charge is -2.11. The van der Waals surface area contributed by atoms with Crippen LogP contribution in [0.15, 0.2) is 87.5 Å². The van der Waals surface area contributed by atoms with Gasteiger partial charge in [0, 0.05) is 0 Å². The molecular weight excluding hydrogens is 454 g/mol. The number of benzene rings is 3. The summed E-state index contributed by atoms with van der Waals surface area (Å²) in [5, 5.41) is 4.40. The highest BCUT2D eigenvalue weighted by atomic mass is 32.2. The number of hydrogen-bond donors (Lipinski definition) is 1. The molecule has 3 aromatic carbocycles. The summed E-state index contributed by atoms with van der Waals surface area (Å²) in [4.78, 5) is 28.8. The maximum absolute atomic E-state index is 12.4. The molecule has 0 spiro atoms. The van der Waals surface area contributed by atoms with Gasteiger partial charge in [-0.1, -0.05) is 42.1 Å². The number of hydrazone groups is 1. The van der Waals surface area contributed by atoms with Gasteiger partial charge >= 0.3 is 5.97 Å². The van der Waals surface area contributed by atoms with E-state index < -0.39 is 5.97 Å². The van der Waals surface area contributed by atoms with Crippen LogP contribution >= 0.6 is 11.8 Å². The van der Waals surface area contributed by atoms with Gasteiger partial charge in [0.15, 0.2) is 17.1 Å². The van der Waals surface area contributed by atoms with Crippen LogP contribution < -0.4 is 14.9 Å². The summed E-state index contributed by atoms with van der Waals surface area (Å²) in [6.45, 7) is 2.22. The van der Waals surface area contributed by atoms with Crippen LogP contribution in [-0.4, -0.2) is 35.4 Å². The number of carbonyl (C=O) groups excluding carboxylic acids is 2. The zero-order valence-corrected chi connectivity index (χ0v) is 19.1. The Balaban J connectivity index is 1.33. The Hall–Kier alpha value is -4.11. The lowest BCUT2D eigenvalue weighted by atomic mass is 10.2. The zero-order chi connectivity index (χ0) is 23.8.